The van der Waals surface area contributed by atoms with Crippen LogP contribution in [0.5, 0.6) is 0 Å². The first-order valence-electron chi connectivity index (χ1n) is 5.54. The first kappa shape index (κ1) is 8.92. The van der Waals surface area contributed by atoms with Gasteiger partial charge in [-0.1, -0.05) is 12.1 Å². The molecule has 1 fully saturated rings. The van der Waals surface area contributed by atoms with E-state index in [9.17, 15) is 0 Å². The summed E-state index contributed by atoms with van der Waals surface area (Å²) in [5, 5.41) is 11.7. The summed E-state index contributed by atoms with van der Waals surface area (Å²) in [4.78, 5) is 0. The number of nitrogens with one attached hydrogen (secondary N) is 2. The van der Waals surface area contributed by atoms with Gasteiger partial charge in [-0.15, -0.1) is 0 Å². The smallest absolute Gasteiger partial charge is 0.0653 e. The quantitative estimate of drug-likeness (QED) is 0.795. The van der Waals surface area contributed by atoms with E-state index in [-0.39, 0.29) is 0 Å². The van der Waals surface area contributed by atoms with Crippen LogP contribution in [0.2, 0.25) is 0 Å². The van der Waals surface area contributed by atoms with Gasteiger partial charge in [-0.25, -0.2) is 0 Å². The van der Waals surface area contributed by atoms with E-state index in [4.69, 9.17) is 0 Å². The van der Waals surface area contributed by atoms with E-state index < -0.39 is 0 Å². The molecule has 1 heterocycles. The lowest BCUT2D eigenvalue weighted by atomic mass is 10.1. The maximum atomic E-state index is 4.02. The molecule has 0 aliphatic heterocycles. The Morgan fingerprint density at radius 2 is 2.33 bits per heavy atom. The minimum Gasteiger partial charge on any atom is -0.312 e. The van der Waals surface area contributed by atoms with Gasteiger partial charge in [0.1, 0.15) is 0 Å². The monoisotopic (exact) mass is 201 g/mol. The fourth-order valence-electron chi connectivity index (χ4n) is 1.84. The van der Waals surface area contributed by atoms with Crippen LogP contribution in [0.15, 0.2) is 24.4 Å². The second-order valence-corrected chi connectivity index (χ2v) is 4.37. The number of H-pyrrole nitrogens is 1. The van der Waals surface area contributed by atoms with Crippen molar-refractivity contribution in [3.63, 3.8) is 0 Å². The Bertz CT molecular complexity index is 457. The van der Waals surface area contributed by atoms with Crippen molar-refractivity contribution < 1.29 is 0 Å². The highest BCUT2D eigenvalue weighted by Gasteiger charge is 2.19. The molecule has 3 heteroatoms. The van der Waals surface area contributed by atoms with Gasteiger partial charge in [-0.3, -0.25) is 5.10 Å². The molecule has 2 aromatic rings. The van der Waals surface area contributed by atoms with Gasteiger partial charge in [-0.05, 0) is 36.9 Å². The number of rotatable bonds is 4. The summed E-state index contributed by atoms with van der Waals surface area (Å²) in [5.41, 5.74) is 2.45. The molecule has 0 spiro atoms. The number of fused-ring (bicyclic) bond motifs is 1. The second-order valence-electron chi connectivity index (χ2n) is 4.37. The predicted molar refractivity (Wildman–Crippen MR) is 60.5 cm³/mol. The molecule has 0 unspecified atom stereocenters. The third kappa shape index (κ3) is 2.02. The Balaban J connectivity index is 1.67. The molecular weight excluding hydrogens is 186 g/mol. The molecule has 0 bridgehead atoms. The topological polar surface area (TPSA) is 40.7 Å². The van der Waals surface area contributed by atoms with Crippen LogP contribution in [0.3, 0.4) is 0 Å². The van der Waals surface area contributed by atoms with Crippen molar-refractivity contribution in [2.75, 3.05) is 6.54 Å². The third-order valence-corrected chi connectivity index (χ3v) is 2.97. The van der Waals surface area contributed by atoms with Crippen LogP contribution >= 0.6 is 0 Å². The summed E-state index contributed by atoms with van der Waals surface area (Å²) in [6.45, 7) is 2.13. The maximum Gasteiger partial charge on any atom is 0.0653 e. The molecule has 2 N–H and O–H groups in total. The Morgan fingerprint density at radius 3 is 3.20 bits per heavy atom. The summed E-state index contributed by atoms with van der Waals surface area (Å²) in [6, 6.07) is 6.45. The number of aromatic nitrogens is 2. The van der Waals surface area contributed by atoms with Crippen LogP contribution in [0.1, 0.15) is 18.4 Å². The number of hydrogen-bond donors (Lipinski definition) is 2. The molecule has 1 aliphatic carbocycles. The lowest BCUT2D eigenvalue weighted by Crippen LogP contribution is -2.15. The Kier molecular flexibility index (Phi) is 2.18. The van der Waals surface area contributed by atoms with E-state index in [1.165, 1.54) is 30.3 Å². The number of hydrogen-bond acceptors (Lipinski definition) is 2. The first-order chi connectivity index (χ1) is 7.42. The normalized spacial score (nSPS) is 16.0. The Morgan fingerprint density at radius 1 is 1.40 bits per heavy atom. The molecule has 0 atom stereocenters. The SMILES string of the molecule is c1cc2cn[nH]c2cc1CNCC1CC1. The van der Waals surface area contributed by atoms with Gasteiger partial charge in [0.2, 0.25) is 0 Å². The molecule has 0 radical (unpaired) electrons. The minimum atomic E-state index is 0.945. The summed E-state index contributed by atoms with van der Waals surface area (Å²) < 4.78 is 0. The van der Waals surface area contributed by atoms with Gasteiger partial charge in [0.05, 0.1) is 11.7 Å². The van der Waals surface area contributed by atoms with Gasteiger partial charge in [0.25, 0.3) is 0 Å². The molecule has 3 nitrogen and oxygen atoms in total. The highest BCUT2D eigenvalue weighted by Crippen LogP contribution is 2.27. The second kappa shape index (κ2) is 3.66. The van der Waals surface area contributed by atoms with Crippen molar-refractivity contribution in [1.82, 2.24) is 15.5 Å². The molecule has 1 saturated carbocycles. The van der Waals surface area contributed by atoms with Crippen molar-refractivity contribution in [2.45, 2.75) is 19.4 Å². The van der Waals surface area contributed by atoms with Crippen molar-refractivity contribution in [3.8, 4) is 0 Å². The maximum absolute atomic E-state index is 4.02. The number of benzene rings is 1. The fourth-order valence-corrected chi connectivity index (χ4v) is 1.84. The van der Waals surface area contributed by atoms with Crippen LogP contribution < -0.4 is 5.32 Å². The minimum absolute atomic E-state index is 0.945. The lowest BCUT2D eigenvalue weighted by molar-refractivity contribution is 0.639. The summed E-state index contributed by atoms with van der Waals surface area (Å²) in [7, 11) is 0. The van der Waals surface area contributed by atoms with Crippen LogP contribution in [0.4, 0.5) is 0 Å². The molecule has 1 aromatic heterocycles. The zero-order chi connectivity index (χ0) is 10.1. The summed E-state index contributed by atoms with van der Waals surface area (Å²) in [6.07, 6.45) is 4.68. The van der Waals surface area contributed by atoms with Gasteiger partial charge in [-0.2, -0.15) is 5.10 Å². The van der Waals surface area contributed by atoms with Gasteiger partial charge in [0.15, 0.2) is 0 Å². The zero-order valence-corrected chi connectivity index (χ0v) is 8.66. The van der Waals surface area contributed by atoms with E-state index in [0.717, 1.165) is 18.0 Å². The van der Waals surface area contributed by atoms with E-state index in [0.29, 0.717) is 0 Å². The average molecular weight is 201 g/mol. The van der Waals surface area contributed by atoms with Gasteiger partial charge in [0, 0.05) is 11.9 Å². The molecule has 1 aliphatic rings. The van der Waals surface area contributed by atoms with E-state index in [2.05, 4.69) is 33.7 Å². The van der Waals surface area contributed by atoms with Gasteiger partial charge >= 0.3 is 0 Å². The van der Waals surface area contributed by atoms with Crippen LogP contribution in [-0.4, -0.2) is 16.7 Å². The largest absolute Gasteiger partial charge is 0.312 e. The van der Waals surface area contributed by atoms with Crippen LogP contribution in [0.25, 0.3) is 10.9 Å². The molecule has 15 heavy (non-hydrogen) atoms. The van der Waals surface area contributed by atoms with Crippen molar-refractivity contribution in [1.29, 1.82) is 0 Å². The molecule has 78 valence electrons. The summed E-state index contributed by atoms with van der Waals surface area (Å²) in [5.74, 6) is 0.945. The van der Waals surface area contributed by atoms with E-state index >= 15 is 0 Å². The van der Waals surface area contributed by atoms with Crippen molar-refractivity contribution in [2.24, 2.45) is 5.92 Å². The Labute approximate surface area is 88.9 Å². The number of aromatic amines is 1. The number of nitrogens with zero attached hydrogens (tertiary/aromatic N) is 1. The molecule has 0 saturated heterocycles. The van der Waals surface area contributed by atoms with Crippen molar-refractivity contribution in [3.05, 3.63) is 30.0 Å². The Hall–Kier alpha value is -1.35. The summed E-state index contributed by atoms with van der Waals surface area (Å²) >= 11 is 0. The average Bonchev–Trinajstić information content (AvgIpc) is 2.95. The molecule has 3 rings (SSSR count). The molecule has 0 amide bonds. The molecular formula is C12H15N3. The fraction of sp³-hybridized carbons (Fsp3) is 0.417. The van der Waals surface area contributed by atoms with Gasteiger partial charge < -0.3 is 5.32 Å². The van der Waals surface area contributed by atoms with E-state index in [1.54, 1.807) is 0 Å². The molecule has 1 aromatic carbocycles. The lowest BCUT2D eigenvalue weighted by Gasteiger charge is -2.03. The zero-order valence-electron chi connectivity index (χ0n) is 8.66. The highest BCUT2D eigenvalue weighted by atomic mass is 15.1. The van der Waals surface area contributed by atoms with E-state index in [1.807, 2.05) is 6.20 Å². The predicted octanol–water partition coefficient (Wildman–Crippen LogP) is 2.06. The van der Waals surface area contributed by atoms with Crippen molar-refractivity contribution >= 4 is 10.9 Å². The third-order valence-electron chi connectivity index (χ3n) is 2.97. The van der Waals surface area contributed by atoms with Crippen LogP contribution in [-0.2, 0) is 6.54 Å². The van der Waals surface area contributed by atoms with Crippen LogP contribution in [0, 0.1) is 5.92 Å². The standard InChI is InChI=1S/C12H15N3/c1-2-9(1)6-13-7-10-3-4-11-8-14-15-12(11)5-10/h3-5,8-9,13H,1-2,6-7H2,(H,14,15). The highest BCUT2D eigenvalue weighted by molar-refractivity contribution is 5.78. The first-order valence-corrected chi connectivity index (χ1v) is 5.54.